The van der Waals surface area contributed by atoms with Gasteiger partial charge < -0.3 is 19.9 Å². The van der Waals surface area contributed by atoms with E-state index in [-0.39, 0.29) is 24.4 Å². The summed E-state index contributed by atoms with van der Waals surface area (Å²) < 4.78 is 1.81. The summed E-state index contributed by atoms with van der Waals surface area (Å²) >= 11 is 0. The zero-order valence-corrected chi connectivity index (χ0v) is 14.3. The summed E-state index contributed by atoms with van der Waals surface area (Å²) in [5.74, 6) is -0.424. The second-order valence-corrected chi connectivity index (χ2v) is 6.32. The number of carbonyl (C=O) groups excluding carboxylic acids is 2. The summed E-state index contributed by atoms with van der Waals surface area (Å²) in [6.07, 6.45) is 1.25. The van der Waals surface area contributed by atoms with Crippen molar-refractivity contribution in [3.63, 3.8) is 0 Å². The van der Waals surface area contributed by atoms with Crippen molar-refractivity contribution in [2.75, 3.05) is 13.1 Å². The Bertz CT molecular complexity index is 772. The van der Waals surface area contributed by atoms with Gasteiger partial charge in [-0.15, -0.1) is 0 Å². The molecule has 0 radical (unpaired) electrons. The van der Waals surface area contributed by atoms with Gasteiger partial charge in [0.2, 0.25) is 0 Å². The van der Waals surface area contributed by atoms with Crippen LogP contribution in [0.15, 0.2) is 36.5 Å². The van der Waals surface area contributed by atoms with E-state index in [0.717, 1.165) is 5.69 Å². The number of aromatic nitrogens is 2. The number of piperidine rings is 1. The lowest BCUT2D eigenvalue weighted by Crippen LogP contribution is -2.55. The number of aryl methyl sites for hydroxylation is 1. The normalized spacial score (nSPS) is 20.4. The first kappa shape index (κ1) is 17.2. The molecule has 1 saturated heterocycles. The van der Waals surface area contributed by atoms with Crippen LogP contribution in [-0.2, 0) is 7.05 Å². The van der Waals surface area contributed by atoms with Crippen LogP contribution in [0.25, 0.3) is 0 Å². The average Bonchev–Trinajstić information content (AvgIpc) is 2.96. The summed E-state index contributed by atoms with van der Waals surface area (Å²) in [6, 6.07) is 8.41. The number of nitrogens with one attached hydrogen (secondary N) is 1. The van der Waals surface area contributed by atoms with Gasteiger partial charge >= 0.3 is 0 Å². The van der Waals surface area contributed by atoms with Crippen LogP contribution >= 0.6 is 0 Å². The number of hydrogen-bond donors (Lipinski definition) is 2. The molecule has 1 aliphatic heterocycles. The predicted octanol–water partition coefficient (Wildman–Crippen LogP) is 0.734. The van der Waals surface area contributed by atoms with Crippen molar-refractivity contribution in [1.82, 2.24) is 19.8 Å². The van der Waals surface area contributed by atoms with E-state index in [4.69, 9.17) is 0 Å². The number of likely N-dealkylation sites (tertiary alicyclic amines) is 1. The Balaban J connectivity index is 1.61. The van der Waals surface area contributed by atoms with Crippen LogP contribution in [-0.4, -0.2) is 56.6 Å². The zero-order chi connectivity index (χ0) is 18.0. The summed E-state index contributed by atoms with van der Waals surface area (Å²) in [4.78, 5) is 30.4. The number of β-amino-alcohol motifs (C(OH)–C–C–N with tert-alkyl or cyclic N) is 1. The lowest BCUT2D eigenvalue weighted by atomic mass is 10.0. The van der Waals surface area contributed by atoms with Crippen LogP contribution in [0.1, 0.15) is 33.1 Å². The van der Waals surface area contributed by atoms with Gasteiger partial charge in [-0.25, -0.2) is 0 Å². The molecule has 3 rings (SSSR count). The maximum absolute atomic E-state index is 12.4. The van der Waals surface area contributed by atoms with Crippen molar-refractivity contribution < 1.29 is 14.7 Å². The van der Waals surface area contributed by atoms with Crippen molar-refractivity contribution in [3.05, 3.63) is 53.6 Å². The van der Waals surface area contributed by atoms with Gasteiger partial charge in [-0.3, -0.25) is 14.6 Å². The van der Waals surface area contributed by atoms with Gasteiger partial charge in [0.15, 0.2) is 0 Å². The van der Waals surface area contributed by atoms with E-state index in [2.05, 4.69) is 10.3 Å². The first-order valence-corrected chi connectivity index (χ1v) is 8.29. The molecule has 2 atom stereocenters. The van der Waals surface area contributed by atoms with E-state index in [1.807, 2.05) is 20.0 Å². The third-order valence-electron chi connectivity index (χ3n) is 4.68. The molecule has 0 aliphatic carbocycles. The molecule has 1 fully saturated rings. The van der Waals surface area contributed by atoms with Gasteiger partial charge in [-0.05, 0) is 37.6 Å². The Hall–Kier alpha value is -2.67. The minimum atomic E-state index is -0.813. The largest absolute Gasteiger partial charge is 0.389 e. The third kappa shape index (κ3) is 3.56. The van der Waals surface area contributed by atoms with E-state index in [1.54, 1.807) is 39.9 Å². The molecular weight excluding hydrogens is 320 g/mol. The highest BCUT2D eigenvalue weighted by atomic mass is 16.3. The summed E-state index contributed by atoms with van der Waals surface area (Å²) in [6.45, 7) is 2.56. The number of nitrogens with zero attached hydrogens (tertiary/aromatic N) is 3. The van der Waals surface area contributed by atoms with Crippen LogP contribution < -0.4 is 5.32 Å². The van der Waals surface area contributed by atoms with E-state index < -0.39 is 6.10 Å². The number of aliphatic hydroxyl groups is 1. The molecule has 0 aromatic carbocycles. The monoisotopic (exact) mass is 342 g/mol. The Morgan fingerprint density at radius 1 is 1.28 bits per heavy atom. The lowest BCUT2D eigenvalue weighted by Gasteiger charge is -2.36. The maximum atomic E-state index is 12.4. The van der Waals surface area contributed by atoms with Crippen molar-refractivity contribution in [2.24, 2.45) is 7.05 Å². The molecular formula is C18H22N4O3. The first-order valence-electron chi connectivity index (χ1n) is 8.29. The Morgan fingerprint density at radius 3 is 2.68 bits per heavy atom. The van der Waals surface area contributed by atoms with Gasteiger partial charge in [0.05, 0.1) is 12.1 Å². The van der Waals surface area contributed by atoms with E-state index in [1.165, 1.54) is 0 Å². The minimum Gasteiger partial charge on any atom is -0.389 e. The molecule has 7 nitrogen and oxygen atoms in total. The highest BCUT2D eigenvalue weighted by Gasteiger charge is 2.32. The number of aliphatic hydroxyl groups excluding tert-OH is 1. The standard InChI is InChI=1S/C18H22N4O3/c1-12-6-7-15(21(12)2)17(24)20-13-8-10-22(11-16(13)23)18(25)14-5-3-4-9-19-14/h3-7,9,13,16,23H,8,10-11H2,1-2H3,(H,20,24)/t13-,16-/m1/s1. The molecule has 132 valence electrons. The molecule has 2 N–H and O–H groups in total. The second kappa shape index (κ2) is 7.06. The summed E-state index contributed by atoms with van der Waals surface area (Å²) in [5.41, 5.74) is 1.90. The smallest absolute Gasteiger partial charge is 0.272 e. The van der Waals surface area contributed by atoms with E-state index in [9.17, 15) is 14.7 Å². The quantitative estimate of drug-likeness (QED) is 0.861. The molecule has 1 aliphatic rings. The van der Waals surface area contributed by atoms with Gasteiger partial charge in [0.1, 0.15) is 11.4 Å². The topological polar surface area (TPSA) is 87.5 Å². The molecule has 25 heavy (non-hydrogen) atoms. The van der Waals surface area contributed by atoms with Crippen LogP contribution in [0.4, 0.5) is 0 Å². The molecule has 7 heteroatoms. The number of rotatable bonds is 3. The van der Waals surface area contributed by atoms with Crippen molar-refractivity contribution in [2.45, 2.75) is 25.5 Å². The molecule has 2 aromatic heterocycles. The Kier molecular flexibility index (Phi) is 4.85. The number of carbonyl (C=O) groups is 2. The number of pyridine rings is 1. The van der Waals surface area contributed by atoms with Gasteiger partial charge in [-0.2, -0.15) is 0 Å². The van der Waals surface area contributed by atoms with Gasteiger partial charge in [-0.1, -0.05) is 6.07 Å². The Morgan fingerprint density at radius 2 is 2.08 bits per heavy atom. The summed E-state index contributed by atoms with van der Waals surface area (Å²) in [7, 11) is 1.83. The highest BCUT2D eigenvalue weighted by Crippen LogP contribution is 2.15. The van der Waals surface area contributed by atoms with Crippen molar-refractivity contribution >= 4 is 11.8 Å². The maximum Gasteiger partial charge on any atom is 0.272 e. The molecule has 0 spiro atoms. The van der Waals surface area contributed by atoms with Crippen LogP contribution in [0.3, 0.4) is 0 Å². The molecule has 2 aromatic rings. The molecule has 0 bridgehead atoms. The zero-order valence-electron chi connectivity index (χ0n) is 14.3. The number of hydrogen-bond acceptors (Lipinski definition) is 4. The molecule has 2 amide bonds. The fourth-order valence-electron chi connectivity index (χ4n) is 3.02. The van der Waals surface area contributed by atoms with Crippen molar-refractivity contribution in [3.8, 4) is 0 Å². The van der Waals surface area contributed by atoms with E-state index >= 15 is 0 Å². The molecule has 0 saturated carbocycles. The summed E-state index contributed by atoms with van der Waals surface area (Å²) in [5, 5.41) is 13.2. The second-order valence-electron chi connectivity index (χ2n) is 6.32. The average molecular weight is 342 g/mol. The van der Waals surface area contributed by atoms with Crippen LogP contribution in [0.5, 0.6) is 0 Å². The number of amides is 2. The van der Waals surface area contributed by atoms with Crippen molar-refractivity contribution in [1.29, 1.82) is 0 Å². The van der Waals surface area contributed by atoms with E-state index in [0.29, 0.717) is 24.4 Å². The van der Waals surface area contributed by atoms with Crippen LogP contribution in [0.2, 0.25) is 0 Å². The highest BCUT2D eigenvalue weighted by molar-refractivity contribution is 5.93. The minimum absolute atomic E-state index is 0.173. The lowest BCUT2D eigenvalue weighted by molar-refractivity contribution is 0.0310. The molecule has 3 heterocycles. The fraction of sp³-hybridized carbons (Fsp3) is 0.389. The Labute approximate surface area is 146 Å². The fourth-order valence-corrected chi connectivity index (χ4v) is 3.02. The first-order chi connectivity index (χ1) is 12.0. The SMILES string of the molecule is Cc1ccc(C(=O)N[C@@H]2CCN(C(=O)c3ccccn3)C[C@H]2O)n1C. The predicted molar refractivity (Wildman–Crippen MR) is 92.2 cm³/mol. The van der Waals surface area contributed by atoms with Crippen LogP contribution in [0, 0.1) is 6.92 Å². The third-order valence-corrected chi connectivity index (χ3v) is 4.68. The van der Waals surface area contributed by atoms with Gasteiger partial charge in [0, 0.05) is 32.0 Å². The molecule has 0 unspecified atom stereocenters. The van der Waals surface area contributed by atoms with Gasteiger partial charge in [0.25, 0.3) is 11.8 Å².